The second-order valence-corrected chi connectivity index (χ2v) is 8.43. The lowest BCUT2D eigenvalue weighted by Crippen LogP contribution is -2.22. The number of nitrogens with zero attached hydrogens (tertiary/aromatic N) is 4. The Hall–Kier alpha value is -2.05. The van der Waals surface area contributed by atoms with Crippen LogP contribution in [-0.4, -0.2) is 39.3 Å². The van der Waals surface area contributed by atoms with E-state index in [1.165, 1.54) is 35.1 Å². The van der Waals surface area contributed by atoms with E-state index < -0.39 is 0 Å². The third-order valence-corrected chi connectivity index (χ3v) is 6.83. The number of aliphatic hydroxyl groups is 1. The van der Waals surface area contributed by atoms with E-state index >= 15 is 0 Å². The van der Waals surface area contributed by atoms with Crippen LogP contribution < -0.4 is 4.90 Å². The molecule has 1 fully saturated rings. The van der Waals surface area contributed by atoms with E-state index in [9.17, 15) is 5.11 Å². The van der Waals surface area contributed by atoms with Gasteiger partial charge in [-0.1, -0.05) is 6.07 Å². The summed E-state index contributed by atoms with van der Waals surface area (Å²) in [6, 6.07) is 5.97. The SMILES string of the molecule is OC1CN(c2ncnc3sc4c(c23)CCCC4)CC1Cc1ccccn1. The molecule has 0 saturated carbocycles. The molecule has 2 aliphatic rings. The van der Waals surface area contributed by atoms with Gasteiger partial charge in [-0.05, 0) is 49.8 Å². The maximum absolute atomic E-state index is 10.6. The highest BCUT2D eigenvalue weighted by Crippen LogP contribution is 2.40. The summed E-state index contributed by atoms with van der Waals surface area (Å²) in [6.07, 6.45) is 8.77. The minimum absolute atomic E-state index is 0.185. The van der Waals surface area contributed by atoms with Gasteiger partial charge < -0.3 is 10.0 Å². The van der Waals surface area contributed by atoms with Crippen LogP contribution >= 0.6 is 11.3 Å². The number of pyridine rings is 1. The molecule has 2 unspecified atom stereocenters. The Labute approximate surface area is 156 Å². The number of fused-ring (bicyclic) bond motifs is 3. The monoisotopic (exact) mass is 366 g/mol. The van der Waals surface area contributed by atoms with E-state index in [0.29, 0.717) is 6.54 Å². The summed E-state index contributed by atoms with van der Waals surface area (Å²) in [5.74, 6) is 1.20. The normalized spacial score (nSPS) is 22.7. The van der Waals surface area contributed by atoms with Gasteiger partial charge >= 0.3 is 0 Å². The quantitative estimate of drug-likeness (QED) is 0.772. The molecule has 134 valence electrons. The molecule has 0 spiro atoms. The van der Waals surface area contributed by atoms with Crippen LogP contribution in [0.4, 0.5) is 5.82 Å². The molecule has 2 atom stereocenters. The van der Waals surface area contributed by atoms with Crippen molar-refractivity contribution in [1.82, 2.24) is 15.0 Å². The van der Waals surface area contributed by atoms with Crippen molar-refractivity contribution in [2.75, 3.05) is 18.0 Å². The maximum atomic E-state index is 10.6. The third-order valence-electron chi connectivity index (χ3n) is 5.63. The number of aliphatic hydroxyl groups excluding tert-OH is 1. The summed E-state index contributed by atoms with van der Waals surface area (Å²) < 4.78 is 0. The predicted octanol–water partition coefficient (Wildman–Crippen LogP) is 3.00. The number of aryl methyl sites for hydroxylation is 2. The number of hydrogen-bond donors (Lipinski definition) is 1. The molecule has 0 amide bonds. The first-order chi connectivity index (χ1) is 12.8. The molecule has 1 aliphatic heterocycles. The van der Waals surface area contributed by atoms with E-state index in [1.807, 2.05) is 35.7 Å². The van der Waals surface area contributed by atoms with E-state index in [4.69, 9.17) is 0 Å². The van der Waals surface area contributed by atoms with Crippen molar-refractivity contribution in [2.45, 2.75) is 38.2 Å². The number of aromatic nitrogens is 3. The van der Waals surface area contributed by atoms with Gasteiger partial charge in [-0.25, -0.2) is 9.97 Å². The lowest BCUT2D eigenvalue weighted by atomic mass is 9.97. The molecule has 6 heteroatoms. The standard InChI is InChI=1S/C20H22N4OS/c25-16-11-24(10-13(16)9-14-5-3-4-8-21-14)19-18-15-6-1-2-7-17(15)26-20(18)23-12-22-19/h3-5,8,12-13,16,25H,1-2,6-7,9-11H2. The van der Waals surface area contributed by atoms with Gasteiger partial charge in [0.2, 0.25) is 0 Å². The van der Waals surface area contributed by atoms with Gasteiger partial charge in [-0.15, -0.1) is 11.3 Å². The predicted molar refractivity (Wildman–Crippen MR) is 104 cm³/mol. The molecule has 5 nitrogen and oxygen atoms in total. The molecule has 0 bridgehead atoms. The van der Waals surface area contributed by atoms with Crippen LogP contribution in [0.25, 0.3) is 10.2 Å². The lowest BCUT2D eigenvalue weighted by Gasteiger charge is -2.19. The minimum Gasteiger partial charge on any atom is -0.391 e. The van der Waals surface area contributed by atoms with Gasteiger partial charge in [-0.2, -0.15) is 0 Å². The molecule has 5 rings (SSSR count). The molecule has 1 saturated heterocycles. The first-order valence-corrected chi connectivity index (χ1v) is 10.2. The smallest absolute Gasteiger partial charge is 0.141 e. The fourth-order valence-corrected chi connectivity index (χ4v) is 5.55. The topological polar surface area (TPSA) is 62.1 Å². The minimum atomic E-state index is -0.350. The molecule has 0 radical (unpaired) electrons. The summed E-state index contributed by atoms with van der Waals surface area (Å²) in [5.41, 5.74) is 2.49. The Balaban J connectivity index is 1.46. The number of anilines is 1. The number of β-amino-alcohol motifs (C(OH)–C–C–N with tert-alkyl or cyclic N) is 1. The molecular formula is C20H22N4OS. The summed E-state index contributed by atoms with van der Waals surface area (Å²) >= 11 is 1.83. The summed E-state index contributed by atoms with van der Waals surface area (Å²) in [5, 5.41) is 11.9. The third kappa shape index (κ3) is 2.77. The Bertz CT molecular complexity index is 926. The van der Waals surface area contributed by atoms with Crippen molar-refractivity contribution >= 4 is 27.4 Å². The Kier molecular flexibility index (Phi) is 4.10. The van der Waals surface area contributed by atoms with Crippen LogP contribution in [0.1, 0.15) is 29.0 Å². The van der Waals surface area contributed by atoms with E-state index in [2.05, 4.69) is 19.9 Å². The fraction of sp³-hybridized carbons (Fsp3) is 0.450. The Morgan fingerprint density at radius 2 is 2.04 bits per heavy atom. The first-order valence-electron chi connectivity index (χ1n) is 9.38. The van der Waals surface area contributed by atoms with E-state index in [-0.39, 0.29) is 12.0 Å². The average Bonchev–Trinajstić information content (AvgIpc) is 3.23. The molecular weight excluding hydrogens is 344 g/mol. The maximum Gasteiger partial charge on any atom is 0.141 e. The van der Waals surface area contributed by atoms with Crippen molar-refractivity contribution in [3.8, 4) is 0 Å². The molecule has 26 heavy (non-hydrogen) atoms. The largest absolute Gasteiger partial charge is 0.391 e. The second-order valence-electron chi connectivity index (χ2n) is 7.35. The summed E-state index contributed by atoms with van der Waals surface area (Å²) in [6.45, 7) is 1.45. The van der Waals surface area contributed by atoms with Crippen molar-refractivity contribution in [3.63, 3.8) is 0 Å². The highest BCUT2D eigenvalue weighted by Gasteiger charge is 2.34. The van der Waals surface area contributed by atoms with Crippen LogP contribution in [0.5, 0.6) is 0 Å². The van der Waals surface area contributed by atoms with Gasteiger partial charge in [0.05, 0.1) is 11.5 Å². The van der Waals surface area contributed by atoms with Gasteiger partial charge in [-0.3, -0.25) is 4.98 Å². The first kappa shape index (κ1) is 16.1. The van der Waals surface area contributed by atoms with Gasteiger partial charge in [0, 0.05) is 35.8 Å². The molecule has 1 aliphatic carbocycles. The van der Waals surface area contributed by atoms with Crippen molar-refractivity contribution < 1.29 is 5.11 Å². The highest BCUT2D eigenvalue weighted by atomic mass is 32.1. The van der Waals surface area contributed by atoms with Crippen LogP contribution in [0.3, 0.4) is 0 Å². The number of rotatable bonds is 3. The molecule has 1 N–H and O–H groups in total. The fourth-order valence-electron chi connectivity index (χ4n) is 4.33. The zero-order valence-electron chi connectivity index (χ0n) is 14.6. The zero-order valence-corrected chi connectivity index (χ0v) is 15.5. The van der Waals surface area contributed by atoms with Crippen LogP contribution in [0.2, 0.25) is 0 Å². The molecule has 3 aromatic heterocycles. The summed E-state index contributed by atoms with van der Waals surface area (Å²) in [7, 11) is 0. The van der Waals surface area contributed by atoms with Crippen molar-refractivity contribution in [1.29, 1.82) is 0 Å². The van der Waals surface area contributed by atoms with Crippen LogP contribution in [0, 0.1) is 5.92 Å². The van der Waals surface area contributed by atoms with Gasteiger partial charge in [0.1, 0.15) is 17.0 Å². The molecule has 0 aromatic carbocycles. The average molecular weight is 366 g/mol. The van der Waals surface area contributed by atoms with E-state index in [0.717, 1.165) is 35.7 Å². The Morgan fingerprint density at radius 3 is 2.92 bits per heavy atom. The van der Waals surface area contributed by atoms with Gasteiger partial charge in [0.25, 0.3) is 0 Å². The lowest BCUT2D eigenvalue weighted by molar-refractivity contribution is 0.148. The van der Waals surface area contributed by atoms with Gasteiger partial charge in [0.15, 0.2) is 0 Å². The molecule has 4 heterocycles. The number of thiophene rings is 1. The Morgan fingerprint density at radius 1 is 1.12 bits per heavy atom. The highest BCUT2D eigenvalue weighted by molar-refractivity contribution is 7.19. The zero-order chi connectivity index (χ0) is 17.5. The molecule has 3 aromatic rings. The van der Waals surface area contributed by atoms with Crippen LogP contribution in [-0.2, 0) is 19.3 Å². The van der Waals surface area contributed by atoms with Crippen LogP contribution in [0.15, 0.2) is 30.7 Å². The second kappa shape index (κ2) is 6.59. The van der Waals surface area contributed by atoms with Crippen molar-refractivity contribution in [2.24, 2.45) is 5.92 Å². The van der Waals surface area contributed by atoms with Crippen molar-refractivity contribution in [3.05, 3.63) is 46.9 Å². The number of hydrogen-bond acceptors (Lipinski definition) is 6. The summed E-state index contributed by atoms with van der Waals surface area (Å²) in [4.78, 5) is 18.4. The van der Waals surface area contributed by atoms with E-state index in [1.54, 1.807) is 6.33 Å².